The van der Waals surface area contributed by atoms with E-state index in [0.717, 1.165) is 12.8 Å². The third kappa shape index (κ3) is 5.69. The van der Waals surface area contributed by atoms with Crippen LogP contribution in [0.4, 0.5) is 5.69 Å². The predicted octanol–water partition coefficient (Wildman–Crippen LogP) is 4.07. The van der Waals surface area contributed by atoms with E-state index in [1.165, 1.54) is 31.4 Å². The van der Waals surface area contributed by atoms with Crippen molar-refractivity contribution < 1.29 is 17.9 Å². The average Bonchev–Trinajstić information content (AvgIpc) is 2.61. The fourth-order valence-electron chi connectivity index (χ4n) is 2.60. The molecule has 0 heterocycles. The molecule has 0 saturated heterocycles. The molecule has 146 valence electrons. The van der Waals surface area contributed by atoms with Gasteiger partial charge >= 0.3 is 0 Å². The van der Waals surface area contributed by atoms with Gasteiger partial charge in [-0.2, -0.15) is 0 Å². The van der Waals surface area contributed by atoms with Gasteiger partial charge in [-0.25, -0.2) is 13.1 Å². The van der Waals surface area contributed by atoms with Crippen molar-refractivity contribution in [3.05, 3.63) is 53.1 Å². The van der Waals surface area contributed by atoms with Crippen LogP contribution in [0.2, 0.25) is 5.02 Å². The van der Waals surface area contributed by atoms with Crippen molar-refractivity contribution in [2.24, 2.45) is 0 Å². The van der Waals surface area contributed by atoms with E-state index in [2.05, 4.69) is 10.0 Å². The number of carbonyl (C=O) groups excluding carboxylic acids is 1. The van der Waals surface area contributed by atoms with Crippen molar-refractivity contribution in [2.45, 2.75) is 37.6 Å². The molecule has 2 N–H and O–H groups in total. The van der Waals surface area contributed by atoms with E-state index < -0.39 is 15.9 Å². The van der Waals surface area contributed by atoms with E-state index in [1.54, 1.807) is 18.2 Å². The van der Waals surface area contributed by atoms with Crippen LogP contribution < -0.4 is 14.8 Å². The highest BCUT2D eigenvalue weighted by molar-refractivity contribution is 7.89. The van der Waals surface area contributed by atoms with Crippen molar-refractivity contribution in [1.82, 2.24) is 4.72 Å². The van der Waals surface area contributed by atoms with Crippen LogP contribution in [0.3, 0.4) is 0 Å². The smallest absolute Gasteiger partial charge is 0.255 e. The Labute approximate surface area is 164 Å². The van der Waals surface area contributed by atoms with Gasteiger partial charge in [-0.05, 0) is 49.7 Å². The zero-order valence-corrected chi connectivity index (χ0v) is 17.0. The van der Waals surface area contributed by atoms with Gasteiger partial charge in [-0.1, -0.05) is 31.0 Å². The molecular formula is C19H23ClN2O4S. The fraction of sp³-hybridized carbons (Fsp3) is 0.316. The summed E-state index contributed by atoms with van der Waals surface area (Å²) in [7, 11) is -2.27. The molecule has 0 radical (unpaired) electrons. The quantitative estimate of drug-likeness (QED) is 0.687. The van der Waals surface area contributed by atoms with Crippen molar-refractivity contribution in [1.29, 1.82) is 0 Å². The normalized spacial score (nSPS) is 12.4. The summed E-state index contributed by atoms with van der Waals surface area (Å²) < 4.78 is 33.0. The summed E-state index contributed by atoms with van der Waals surface area (Å²) in [5.41, 5.74) is 0.612. The Morgan fingerprint density at radius 2 is 1.96 bits per heavy atom. The monoisotopic (exact) mass is 410 g/mol. The number of benzene rings is 2. The molecule has 0 aromatic heterocycles. The second-order valence-corrected chi connectivity index (χ2v) is 8.29. The molecule has 0 saturated carbocycles. The van der Waals surface area contributed by atoms with Crippen molar-refractivity contribution in [3.63, 3.8) is 0 Å². The Kier molecular flexibility index (Phi) is 7.24. The molecule has 27 heavy (non-hydrogen) atoms. The van der Waals surface area contributed by atoms with E-state index in [4.69, 9.17) is 16.3 Å². The fourth-order valence-corrected chi connectivity index (χ4v) is 4.10. The van der Waals surface area contributed by atoms with Gasteiger partial charge in [0.05, 0.1) is 17.7 Å². The highest BCUT2D eigenvalue weighted by Gasteiger charge is 2.20. The maximum atomic E-state index is 12.6. The number of carbonyl (C=O) groups is 1. The van der Waals surface area contributed by atoms with Crippen LogP contribution in [0.15, 0.2) is 47.4 Å². The molecule has 0 unspecified atom stereocenters. The number of methoxy groups -OCH3 is 1. The number of sulfonamides is 1. The minimum Gasteiger partial charge on any atom is -0.495 e. The van der Waals surface area contributed by atoms with Crippen LogP contribution in [-0.2, 0) is 10.0 Å². The molecule has 6 nitrogen and oxygen atoms in total. The second-order valence-electron chi connectivity index (χ2n) is 6.14. The summed E-state index contributed by atoms with van der Waals surface area (Å²) >= 11 is 5.92. The molecule has 0 spiro atoms. The molecule has 2 aromatic rings. The lowest BCUT2D eigenvalue weighted by molar-refractivity contribution is 0.102. The van der Waals surface area contributed by atoms with Gasteiger partial charge in [0, 0.05) is 16.6 Å². The van der Waals surface area contributed by atoms with Crippen LogP contribution in [0.5, 0.6) is 5.75 Å². The third-order valence-electron chi connectivity index (χ3n) is 3.89. The molecule has 0 aliphatic rings. The first kappa shape index (κ1) is 21.2. The van der Waals surface area contributed by atoms with E-state index >= 15 is 0 Å². The largest absolute Gasteiger partial charge is 0.495 e. The Balaban J connectivity index is 2.31. The van der Waals surface area contributed by atoms with Crippen LogP contribution >= 0.6 is 11.6 Å². The van der Waals surface area contributed by atoms with Crippen LogP contribution in [0, 0.1) is 0 Å². The van der Waals surface area contributed by atoms with Crippen molar-refractivity contribution in [3.8, 4) is 5.75 Å². The minimum absolute atomic E-state index is 0.0487. The first-order valence-corrected chi connectivity index (χ1v) is 10.4. The van der Waals surface area contributed by atoms with Gasteiger partial charge in [-0.15, -0.1) is 0 Å². The van der Waals surface area contributed by atoms with Crippen molar-refractivity contribution in [2.75, 3.05) is 12.4 Å². The Hall–Kier alpha value is -2.09. The molecule has 0 bridgehead atoms. The summed E-state index contributed by atoms with van der Waals surface area (Å²) in [6, 6.07) is 10.6. The number of ether oxygens (including phenoxy) is 1. The molecule has 0 aliphatic heterocycles. The number of anilines is 1. The predicted molar refractivity (Wildman–Crippen MR) is 107 cm³/mol. The van der Waals surface area contributed by atoms with Crippen LogP contribution in [-0.4, -0.2) is 27.5 Å². The Morgan fingerprint density at radius 1 is 1.22 bits per heavy atom. The number of hydrogen-bond acceptors (Lipinski definition) is 4. The minimum atomic E-state index is -3.71. The highest BCUT2D eigenvalue weighted by atomic mass is 35.5. The summed E-state index contributed by atoms with van der Waals surface area (Å²) in [4.78, 5) is 12.5. The molecule has 8 heteroatoms. The molecule has 0 aliphatic carbocycles. The van der Waals surface area contributed by atoms with Gasteiger partial charge in [0.2, 0.25) is 10.0 Å². The van der Waals surface area contributed by atoms with Gasteiger partial charge in [-0.3, -0.25) is 4.79 Å². The first-order chi connectivity index (χ1) is 12.8. The van der Waals surface area contributed by atoms with Gasteiger partial charge in [0.25, 0.3) is 5.91 Å². The number of rotatable bonds is 8. The van der Waals surface area contributed by atoms with Crippen LogP contribution in [0.1, 0.15) is 37.0 Å². The summed E-state index contributed by atoms with van der Waals surface area (Å²) in [6.07, 6.45) is 1.60. The summed E-state index contributed by atoms with van der Waals surface area (Å²) in [5.74, 6) is -0.0661. The maximum absolute atomic E-state index is 12.6. The maximum Gasteiger partial charge on any atom is 0.255 e. The van der Waals surface area contributed by atoms with Crippen molar-refractivity contribution >= 4 is 33.2 Å². The molecule has 0 fully saturated rings. The zero-order chi connectivity index (χ0) is 20.0. The highest BCUT2D eigenvalue weighted by Crippen LogP contribution is 2.28. The number of amides is 1. The molecule has 2 rings (SSSR count). The standard InChI is InChI=1S/C19H23ClN2O4S/c1-4-6-13(2)22-27(24,25)16-9-10-18(26-3)17(12-16)21-19(23)14-7-5-8-15(20)11-14/h5,7-13,22H,4,6H2,1-3H3,(H,21,23)/t13-/m0/s1. The third-order valence-corrected chi connectivity index (χ3v) is 5.72. The molecular weight excluding hydrogens is 388 g/mol. The van der Waals surface area contributed by atoms with E-state index in [-0.39, 0.29) is 16.6 Å². The number of nitrogens with one attached hydrogen (secondary N) is 2. The first-order valence-electron chi connectivity index (χ1n) is 8.54. The van der Waals surface area contributed by atoms with Gasteiger partial charge in [0.15, 0.2) is 0 Å². The second kappa shape index (κ2) is 9.21. The number of halogens is 1. The lowest BCUT2D eigenvalue weighted by Gasteiger charge is -2.16. The summed E-state index contributed by atoms with van der Waals surface area (Å²) in [6.45, 7) is 3.80. The Morgan fingerprint density at radius 3 is 2.59 bits per heavy atom. The molecule has 2 aromatic carbocycles. The molecule has 1 atom stereocenters. The lowest BCUT2D eigenvalue weighted by atomic mass is 10.2. The number of hydrogen-bond donors (Lipinski definition) is 2. The topological polar surface area (TPSA) is 84.5 Å². The van der Waals surface area contributed by atoms with Crippen LogP contribution in [0.25, 0.3) is 0 Å². The van der Waals surface area contributed by atoms with E-state index in [0.29, 0.717) is 16.3 Å². The van der Waals surface area contributed by atoms with E-state index in [9.17, 15) is 13.2 Å². The SMILES string of the molecule is CCC[C@H](C)NS(=O)(=O)c1ccc(OC)c(NC(=O)c2cccc(Cl)c2)c1. The average molecular weight is 411 g/mol. The zero-order valence-electron chi connectivity index (χ0n) is 15.5. The van der Waals surface area contributed by atoms with E-state index in [1.807, 2.05) is 13.8 Å². The Bertz CT molecular complexity index is 916. The lowest BCUT2D eigenvalue weighted by Crippen LogP contribution is -2.32. The summed E-state index contributed by atoms with van der Waals surface area (Å²) in [5, 5.41) is 3.11. The van der Waals surface area contributed by atoms with Gasteiger partial charge < -0.3 is 10.1 Å². The van der Waals surface area contributed by atoms with Gasteiger partial charge in [0.1, 0.15) is 5.75 Å². The molecule has 1 amide bonds.